The summed E-state index contributed by atoms with van der Waals surface area (Å²) in [5.74, 6) is -1.35. The fourth-order valence-electron chi connectivity index (χ4n) is 4.25. The number of aromatic nitrogens is 2. The number of piperidine rings is 1. The fourth-order valence-corrected chi connectivity index (χ4v) is 4.25. The van der Waals surface area contributed by atoms with Crippen LogP contribution in [0.15, 0.2) is 41.3 Å². The molecule has 2 fully saturated rings. The Morgan fingerprint density at radius 1 is 1.31 bits per heavy atom. The number of aliphatic hydroxyl groups excluding tert-OH is 2. The molecule has 4 atom stereocenters. The summed E-state index contributed by atoms with van der Waals surface area (Å²) in [6, 6.07) is 7.97. The first-order chi connectivity index (χ1) is 15.4. The minimum absolute atomic E-state index is 0.0508. The highest BCUT2D eigenvalue weighted by Gasteiger charge is 2.50. The van der Waals surface area contributed by atoms with Crippen LogP contribution in [0.25, 0.3) is 0 Å². The van der Waals surface area contributed by atoms with Crippen LogP contribution >= 0.6 is 0 Å². The number of rotatable bonds is 6. The second kappa shape index (κ2) is 9.12. The largest absolute Gasteiger partial charge is 0.394 e. The number of nitrogens with zero attached hydrogens (tertiary/aromatic N) is 3. The van der Waals surface area contributed by atoms with Gasteiger partial charge in [-0.05, 0) is 18.2 Å². The lowest BCUT2D eigenvalue weighted by Gasteiger charge is -2.43. The van der Waals surface area contributed by atoms with Crippen LogP contribution in [0.3, 0.4) is 0 Å². The molecule has 1 aromatic heterocycles. The molecule has 174 valence electrons. The van der Waals surface area contributed by atoms with Gasteiger partial charge in [-0.1, -0.05) is 12.1 Å². The Bertz CT molecular complexity index is 996. The molecule has 2 aromatic rings. The van der Waals surface area contributed by atoms with E-state index in [1.54, 1.807) is 18.2 Å². The molecule has 0 spiro atoms. The second-order valence-electron chi connectivity index (χ2n) is 7.92. The summed E-state index contributed by atoms with van der Waals surface area (Å²) in [4.78, 5) is 18.0. The van der Waals surface area contributed by atoms with Gasteiger partial charge in [0.15, 0.2) is 12.0 Å². The maximum absolute atomic E-state index is 14.2. The van der Waals surface area contributed by atoms with Crippen LogP contribution in [0, 0.1) is 5.82 Å². The third-order valence-electron chi connectivity index (χ3n) is 6.06. The number of hydrogen-bond donors (Lipinski definition) is 3. The normalized spacial score (nSPS) is 27.6. The van der Waals surface area contributed by atoms with Crippen LogP contribution in [0.2, 0.25) is 0 Å². The summed E-state index contributed by atoms with van der Waals surface area (Å²) < 4.78 is 33.0. The number of anilines is 2. The summed E-state index contributed by atoms with van der Waals surface area (Å²) >= 11 is 0. The molecule has 32 heavy (non-hydrogen) atoms. The van der Waals surface area contributed by atoms with E-state index >= 15 is 0 Å². The maximum Gasteiger partial charge on any atom is 0.351 e. The van der Waals surface area contributed by atoms with Gasteiger partial charge in [0.2, 0.25) is 0 Å². The number of hydrogen-bond acceptors (Lipinski definition) is 9. The smallest absolute Gasteiger partial charge is 0.351 e. The quantitative estimate of drug-likeness (QED) is 0.530. The summed E-state index contributed by atoms with van der Waals surface area (Å²) in [5, 5.41) is 20.4. The number of benzene rings is 1. The van der Waals surface area contributed by atoms with Crippen LogP contribution in [0.1, 0.15) is 19.1 Å². The molecule has 2 saturated heterocycles. The number of methoxy groups -OCH3 is 1. The lowest BCUT2D eigenvalue weighted by Crippen LogP contribution is -2.52. The Kier molecular flexibility index (Phi) is 6.45. The Balaban J connectivity index is 1.55. The Morgan fingerprint density at radius 2 is 2.03 bits per heavy atom. The van der Waals surface area contributed by atoms with E-state index in [9.17, 15) is 19.4 Å². The van der Waals surface area contributed by atoms with Crippen molar-refractivity contribution in [2.75, 3.05) is 37.4 Å². The Morgan fingerprint density at radius 3 is 2.66 bits per heavy atom. The molecule has 0 aliphatic carbocycles. The molecule has 0 saturated carbocycles. The van der Waals surface area contributed by atoms with Gasteiger partial charge in [0.05, 0.1) is 12.3 Å². The molecule has 11 heteroatoms. The van der Waals surface area contributed by atoms with Crippen molar-refractivity contribution < 1.29 is 28.8 Å². The molecular weight excluding hydrogens is 423 g/mol. The monoisotopic (exact) mass is 450 g/mol. The van der Waals surface area contributed by atoms with E-state index in [0.29, 0.717) is 31.6 Å². The minimum Gasteiger partial charge on any atom is -0.394 e. The third kappa shape index (κ3) is 4.21. The predicted molar refractivity (Wildman–Crippen MR) is 112 cm³/mol. The van der Waals surface area contributed by atoms with Crippen molar-refractivity contribution in [1.82, 2.24) is 9.55 Å². The van der Waals surface area contributed by atoms with Crippen molar-refractivity contribution >= 4 is 11.5 Å². The van der Waals surface area contributed by atoms with Gasteiger partial charge in [-0.15, -0.1) is 0 Å². The van der Waals surface area contributed by atoms with Crippen LogP contribution in [0.4, 0.5) is 15.9 Å². The number of ether oxygens (including phenoxy) is 3. The predicted octanol–water partition coefficient (Wildman–Crippen LogP) is 0.244. The van der Waals surface area contributed by atoms with Crippen molar-refractivity contribution in [1.29, 1.82) is 0 Å². The average Bonchev–Trinajstić information content (AvgIpc) is 3.10. The molecule has 1 aromatic carbocycles. The first kappa shape index (κ1) is 22.6. The summed E-state index contributed by atoms with van der Waals surface area (Å²) in [5.41, 5.74) is 5.40. The number of aliphatic hydroxyl groups is 2. The highest BCUT2D eigenvalue weighted by molar-refractivity contribution is 5.48. The van der Waals surface area contributed by atoms with Crippen LogP contribution in [-0.4, -0.2) is 70.7 Å². The standard InChI is InChI=1S/C21H27FN4O6/c1-30-21(7-10-25(11-8-21)14-5-3-2-4-13(14)22)32-18-17(28)15(12-27)31-19(18)26-9-6-16(23)24-20(26)29/h2-6,9,15,17-19,27-28H,7-8,10-12H2,1H3,(H2,23,24,29)/t15-,17-,18-,19-/m1/s1. The van der Waals surface area contributed by atoms with E-state index in [0.717, 1.165) is 4.57 Å². The van der Waals surface area contributed by atoms with Crippen molar-refractivity contribution in [3.8, 4) is 0 Å². The van der Waals surface area contributed by atoms with E-state index in [1.165, 1.54) is 25.4 Å². The Hall–Kier alpha value is -2.57. The number of para-hydroxylation sites is 1. The zero-order valence-electron chi connectivity index (χ0n) is 17.6. The maximum atomic E-state index is 14.2. The molecular formula is C21H27FN4O6. The number of halogens is 1. The van der Waals surface area contributed by atoms with Gasteiger partial charge in [-0.2, -0.15) is 4.98 Å². The van der Waals surface area contributed by atoms with Crippen LogP contribution in [-0.2, 0) is 14.2 Å². The number of nitrogen functional groups attached to an aromatic ring is 1. The van der Waals surface area contributed by atoms with Crippen molar-refractivity contribution in [3.05, 3.63) is 52.8 Å². The molecule has 3 heterocycles. The van der Waals surface area contributed by atoms with Gasteiger partial charge in [0, 0.05) is 39.2 Å². The van der Waals surface area contributed by atoms with E-state index in [2.05, 4.69) is 4.98 Å². The summed E-state index contributed by atoms with van der Waals surface area (Å²) in [6.45, 7) is 0.446. The van der Waals surface area contributed by atoms with E-state index < -0.39 is 42.6 Å². The highest BCUT2D eigenvalue weighted by Crippen LogP contribution is 2.38. The minimum atomic E-state index is -1.22. The van der Waals surface area contributed by atoms with Gasteiger partial charge in [-0.25, -0.2) is 9.18 Å². The summed E-state index contributed by atoms with van der Waals surface area (Å²) in [6.07, 6.45) is -2.07. The molecule has 4 N–H and O–H groups in total. The van der Waals surface area contributed by atoms with Gasteiger partial charge >= 0.3 is 5.69 Å². The lowest BCUT2D eigenvalue weighted by molar-refractivity contribution is -0.276. The van der Waals surface area contributed by atoms with Crippen molar-refractivity contribution in [3.63, 3.8) is 0 Å². The first-order valence-electron chi connectivity index (χ1n) is 10.4. The lowest BCUT2D eigenvalue weighted by atomic mass is 10.0. The van der Waals surface area contributed by atoms with Gasteiger partial charge < -0.3 is 35.1 Å². The van der Waals surface area contributed by atoms with Crippen molar-refractivity contribution in [2.24, 2.45) is 0 Å². The molecule has 10 nitrogen and oxygen atoms in total. The average molecular weight is 450 g/mol. The fraction of sp³-hybridized carbons (Fsp3) is 0.524. The molecule has 2 aliphatic rings. The molecule has 0 bridgehead atoms. The van der Waals surface area contributed by atoms with Crippen molar-refractivity contribution in [2.45, 2.75) is 43.2 Å². The van der Waals surface area contributed by atoms with Gasteiger partial charge in [0.1, 0.15) is 29.9 Å². The highest BCUT2D eigenvalue weighted by atomic mass is 19.1. The molecule has 0 amide bonds. The second-order valence-corrected chi connectivity index (χ2v) is 7.92. The van der Waals surface area contributed by atoms with E-state index in [1.807, 2.05) is 4.90 Å². The van der Waals surface area contributed by atoms with Gasteiger partial charge in [0.25, 0.3) is 0 Å². The zero-order chi connectivity index (χ0) is 22.9. The molecule has 0 unspecified atom stereocenters. The van der Waals surface area contributed by atoms with E-state index in [-0.39, 0.29) is 11.6 Å². The molecule has 4 rings (SSSR count). The summed E-state index contributed by atoms with van der Waals surface area (Å²) in [7, 11) is 1.50. The third-order valence-corrected chi connectivity index (χ3v) is 6.06. The molecule has 2 aliphatic heterocycles. The SMILES string of the molecule is COC1(O[C@@H]2[C@H](O)[C@@H](CO)O[C@H]2n2ccc(N)nc2=O)CCN(c2ccccc2F)CC1. The van der Waals surface area contributed by atoms with Gasteiger partial charge in [-0.3, -0.25) is 4.57 Å². The zero-order valence-corrected chi connectivity index (χ0v) is 17.6. The Labute approximate surface area is 183 Å². The first-order valence-corrected chi connectivity index (χ1v) is 10.4. The number of nitrogens with two attached hydrogens (primary N) is 1. The van der Waals surface area contributed by atoms with Crippen LogP contribution < -0.4 is 16.3 Å². The topological polar surface area (TPSA) is 132 Å². The van der Waals surface area contributed by atoms with E-state index in [4.69, 9.17) is 19.9 Å². The molecule has 0 radical (unpaired) electrons. The van der Waals surface area contributed by atoms with Crippen LogP contribution in [0.5, 0.6) is 0 Å².